The number of aliphatic hydroxyl groups excluding tert-OH is 1. The van der Waals surface area contributed by atoms with Crippen molar-refractivity contribution in [3.8, 4) is 0 Å². The van der Waals surface area contributed by atoms with E-state index in [1.165, 1.54) is 5.57 Å². The quantitative estimate of drug-likeness (QED) is 0.289. The van der Waals surface area contributed by atoms with Gasteiger partial charge in [0.1, 0.15) is 0 Å². The van der Waals surface area contributed by atoms with E-state index in [2.05, 4.69) is 25.7 Å². The molecule has 0 spiro atoms. The molecule has 0 bridgehead atoms. The Labute approximate surface area is 208 Å². The van der Waals surface area contributed by atoms with E-state index in [9.17, 15) is 36.6 Å². The van der Waals surface area contributed by atoms with Gasteiger partial charge in [0.05, 0.1) is 6.10 Å². The summed E-state index contributed by atoms with van der Waals surface area (Å²) in [4.78, 5) is 0. The number of fused-ring (bicyclic) bond motifs is 1. The first-order chi connectivity index (χ1) is 16.6. The van der Waals surface area contributed by atoms with Gasteiger partial charge in [-0.05, 0) is 111 Å². The lowest BCUT2D eigenvalue weighted by Gasteiger charge is -2.45. The summed E-state index contributed by atoms with van der Waals surface area (Å²) in [7, 11) is 0. The minimum Gasteiger partial charge on any atom is -0.388 e. The highest BCUT2D eigenvalue weighted by Gasteiger charge is 2.69. The largest absolute Gasteiger partial charge is 0.429 e. The molecule has 1 unspecified atom stereocenters. The molecule has 0 radical (unpaired) electrons. The van der Waals surface area contributed by atoms with Crippen LogP contribution in [0, 0.1) is 22.7 Å². The van der Waals surface area contributed by atoms with Gasteiger partial charge in [-0.15, -0.1) is 0 Å². The molecule has 4 rings (SSSR count). The normalized spacial score (nSPS) is 35.6. The first kappa shape index (κ1) is 27.5. The Balaban J connectivity index is 1.52. The maximum absolute atomic E-state index is 13.1. The fraction of sp³-hybridized carbons (Fsp3) is 0.714. The smallest absolute Gasteiger partial charge is 0.388 e. The Morgan fingerprint density at radius 1 is 0.944 bits per heavy atom. The van der Waals surface area contributed by atoms with Gasteiger partial charge in [-0.2, -0.15) is 26.3 Å². The zero-order chi connectivity index (χ0) is 26.6. The van der Waals surface area contributed by atoms with E-state index < -0.39 is 24.1 Å². The van der Waals surface area contributed by atoms with Crippen molar-refractivity contribution in [2.45, 2.75) is 102 Å². The third-order valence-corrected chi connectivity index (χ3v) is 9.58. The lowest BCUT2D eigenvalue weighted by molar-refractivity contribution is -0.347. The van der Waals surface area contributed by atoms with Crippen LogP contribution in [0.25, 0.3) is 0 Å². The summed E-state index contributed by atoms with van der Waals surface area (Å²) in [6.07, 6.45) is 1.95. The summed E-state index contributed by atoms with van der Waals surface area (Å²) in [5.41, 5.74) is -1.98. The van der Waals surface area contributed by atoms with Gasteiger partial charge < -0.3 is 10.2 Å². The van der Waals surface area contributed by atoms with E-state index in [1.807, 2.05) is 0 Å². The van der Waals surface area contributed by atoms with Crippen LogP contribution in [-0.4, -0.2) is 34.3 Å². The van der Waals surface area contributed by atoms with Crippen molar-refractivity contribution in [3.05, 3.63) is 47.6 Å². The van der Waals surface area contributed by atoms with Crippen LogP contribution in [-0.2, 0) is 0 Å². The molecule has 4 aliphatic rings. The Kier molecular flexibility index (Phi) is 7.13. The first-order valence-corrected chi connectivity index (χ1v) is 12.9. The van der Waals surface area contributed by atoms with Crippen molar-refractivity contribution in [3.63, 3.8) is 0 Å². The fourth-order valence-corrected chi connectivity index (χ4v) is 7.35. The molecule has 0 saturated heterocycles. The minimum atomic E-state index is -5.83. The summed E-state index contributed by atoms with van der Waals surface area (Å²) < 4.78 is 78.4. The third-order valence-electron chi connectivity index (χ3n) is 9.58. The summed E-state index contributed by atoms with van der Waals surface area (Å²) in [5, 5.41) is 19.6. The van der Waals surface area contributed by atoms with Gasteiger partial charge in [-0.3, -0.25) is 0 Å². The predicted octanol–water partition coefficient (Wildman–Crippen LogP) is 7.74. The van der Waals surface area contributed by atoms with Crippen LogP contribution in [0.4, 0.5) is 26.3 Å². The molecular weight excluding hydrogens is 482 g/mol. The minimum absolute atomic E-state index is 0.0552. The van der Waals surface area contributed by atoms with E-state index in [4.69, 9.17) is 0 Å². The molecule has 0 amide bonds. The zero-order valence-corrected chi connectivity index (χ0v) is 20.7. The third kappa shape index (κ3) is 4.72. The van der Waals surface area contributed by atoms with Gasteiger partial charge in [-0.1, -0.05) is 37.3 Å². The van der Waals surface area contributed by atoms with Crippen LogP contribution in [0.1, 0.15) is 77.6 Å². The Hall–Kier alpha value is -1.54. The van der Waals surface area contributed by atoms with Crippen molar-refractivity contribution >= 4 is 0 Å². The molecular formula is C28H36F6O2. The van der Waals surface area contributed by atoms with Crippen LogP contribution in [0.15, 0.2) is 47.6 Å². The molecule has 8 heteroatoms. The molecule has 4 aliphatic carbocycles. The molecule has 4 atom stereocenters. The van der Waals surface area contributed by atoms with Crippen molar-refractivity contribution in [1.29, 1.82) is 0 Å². The number of rotatable bonds is 5. The van der Waals surface area contributed by atoms with Crippen LogP contribution in [0.2, 0.25) is 0 Å². The van der Waals surface area contributed by atoms with Gasteiger partial charge in [0.2, 0.25) is 0 Å². The Morgan fingerprint density at radius 3 is 2.22 bits per heavy atom. The van der Waals surface area contributed by atoms with Crippen LogP contribution in [0.3, 0.4) is 0 Å². The second-order valence-electron chi connectivity index (χ2n) is 11.6. The number of hydrogen-bond acceptors (Lipinski definition) is 2. The summed E-state index contributed by atoms with van der Waals surface area (Å²) in [5.74, 6) is 0.547. The lowest BCUT2D eigenvalue weighted by atomic mass is 9.59. The Bertz CT molecular complexity index is 938. The summed E-state index contributed by atoms with van der Waals surface area (Å²) >= 11 is 0. The average Bonchev–Trinajstić information content (AvgIpc) is 3.46. The molecule has 2 N–H and O–H groups in total. The number of alkyl halides is 6. The van der Waals surface area contributed by atoms with Crippen LogP contribution < -0.4 is 0 Å². The van der Waals surface area contributed by atoms with Gasteiger partial charge in [0, 0.05) is 0 Å². The molecule has 0 aromatic carbocycles. The Morgan fingerprint density at radius 2 is 1.61 bits per heavy atom. The number of allylic oxidation sites excluding steroid dienone is 4. The second kappa shape index (κ2) is 9.33. The number of aliphatic hydroxyl groups is 2. The summed E-state index contributed by atoms with van der Waals surface area (Å²) in [6.45, 7) is 6.28. The molecule has 202 valence electrons. The molecule has 2 nitrogen and oxygen atoms in total. The van der Waals surface area contributed by atoms with E-state index in [1.54, 1.807) is 0 Å². The molecule has 0 aromatic heterocycles. The van der Waals surface area contributed by atoms with Crippen molar-refractivity contribution in [1.82, 2.24) is 0 Å². The standard InChI is InChI=1S/C28H36F6O2/c1-18-19(6-3-8-22(18)35)9-10-20-7-4-13-24(2)21(20)11-12-23(24)25(16-17-25)14-5-15-26(36,27(29,30)31)28(32,33)34/h5,9-10,15,21-23,35-36H,1,3-4,6-8,11-14,16-17H2,2H3/b15-5+,19-9-,20-10+/t21?,22-,23-,24-/m0/s1. The van der Waals surface area contributed by atoms with Gasteiger partial charge in [0.15, 0.2) is 0 Å². The monoisotopic (exact) mass is 518 g/mol. The van der Waals surface area contributed by atoms with Crippen molar-refractivity contribution in [2.75, 3.05) is 0 Å². The highest BCUT2D eigenvalue weighted by atomic mass is 19.4. The molecule has 36 heavy (non-hydrogen) atoms. The van der Waals surface area contributed by atoms with Crippen LogP contribution in [0.5, 0.6) is 0 Å². The molecule has 0 aromatic rings. The van der Waals surface area contributed by atoms with Gasteiger partial charge in [0.25, 0.3) is 5.60 Å². The van der Waals surface area contributed by atoms with Gasteiger partial charge >= 0.3 is 12.4 Å². The number of hydrogen-bond donors (Lipinski definition) is 2. The SMILES string of the molecule is C=C1/C(=C\C=C2/CCC[C@@]3(C)C2CC[C@@H]3C2(C/C=C/C(O)(C(F)(F)F)C(F)(F)F)CC2)CCC[C@@H]1O. The maximum atomic E-state index is 13.1. The van der Waals surface area contributed by atoms with E-state index in [0.29, 0.717) is 5.92 Å². The fourth-order valence-electron chi connectivity index (χ4n) is 7.35. The second-order valence-corrected chi connectivity index (χ2v) is 11.6. The van der Waals surface area contributed by atoms with E-state index in [0.717, 1.165) is 81.4 Å². The topological polar surface area (TPSA) is 40.5 Å². The molecule has 0 heterocycles. The average molecular weight is 519 g/mol. The van der Waals surface area contributed by atoms with E-state index >= 15 is 0 Å². The number of halogens is 6. The summed E-state index contributed by atoms with van der Waals surface area (Å²) in [6, 6.07) is 0. The van der Waals surface area contributed by atoms with Gasteiger partial charge in [-0.25, -0.2) is 0 Å². The zero-order valence-electron chi connectivity index (χ0n) is 20.7. The van der Waals surface area contributed by atoms with E-state index in [-0.39, 0.29) is 29.2 Å². The maximum Gasteiger partial charge on any atom is 0.429 e. The molecule has 4 fully saturated rings. The van der Waals surface area contributed by atoms with Crippen LogP contribution >= 0.6 is 0 Å². The van der Waals surface area contributed by atoms with Crippen molar-refractivity contribution < 1.29 is 36.6 Å². The predicted molar refractivity (Wildman–Crippen MR) is 126 cm³/mol. The molecule has 0 aliphatic heterocycles. The highest BCUT2D eigenvalue weighted by molar-refractivity contribution is 5.38. The lowest BCUT2D eigenvalue weighted by Crippen LogP contribution is -2.55. The van der Waals surface area contributed by atoms with Crippen molar-refractivity contribution in [2.24, 2.45) is 22.7 Å². The molecule has 4 saturated carbocycles. The highest BCUT2D eigenvalue weighted by Crippen LogP contribution is 2.69. The first-order valence-electron chi connectivity index (χ1n) is 12.9.